The quantitative estimate of drug-likeness (QED) is 0.651. The fourth-order valence-electron chi connectivity index (χ4n) is 5.33. The van der Waals surface area contributed by atoms with Crippen LogP contribution >= 0.6 is 0 Å². The number of amides is 2. The van der Waals surface area contributed by atoms with Crippen LogP contribution in [-0.4, -0.2) is 60.5 Å². The highest BCUT2D eigenvalue weighted by Crippen LogP contribution is 2.42. The van der Waals surface area contributed by atoms with Gasteiger partial charge < -0.3 is 15.3 Å². The molecule has 188 valence electrons. The highest BCUT2D eigenvalue weighted by atomic mass is 19.1. The van der Waals surface area contributed by atoms with Gasteiger partial charge in [0.2, 0.25) is 11.8 Å². The maximum absolute atomic E-state index is 14.6. The second-order valence-corrected chi connectivity index (χ2v) is 11.3. The molecule has 0 bridgehead atoms. The standard InChI is InChI=1S/C25H33FN6O3/c1-24(2,3)21(32-14-18(29-30-32)15-7-8-15)23(35)31-13-16(33)12-19(31)22(34)28-25(9-5-10-25)20-17(26)6-4-11-27-20/h4,6,11,14-16,19,21,33H,5,7-10,12-13H2,1-3H3,(H,28,34)/t16-,19+,21-/m1/s1. The van der Waals surface area contributed by atoms with Gasteiger partial charge in [-0.2, -0.15) is 0 Å². The zero-order valence-corrected chi connectivity index (χ0v) is 20.4. The lowest BCUT2D eigenvalue weighted by Gasteiger charge is -2.43. The zero-order valence-electron chi connectivity index (χ0n) is 20.4. The number of hydrogen-bond acceptors (Lipinski definition) is 6. The minimum atomic E-state index is -0.890. The summed E-state index contributed by atoms with van der Waals surface area (Å²) in [5.74, 6) is -0.743. The molecule has 0 unspecified atom stereocenters. The molecule has 3 heterocycles. The van der Waals surface area contributed by atoms with Crippen LogP contribution in [0, 0.1) is 11.2 Å². The lowest BCUT2D eigenvalue weighted by atomic mass is 9.73. The van der Waals surface area contributed by atoms with Crippen molar-refractivity contribution >= 4 is 11.8 Å². The number of pyridine rings is 1. The van der Waals surface area contributed by atoms with Gasteiger partial charge in [-0.1, -0.05) is 26.0 Å². The number of nitrogens with zero attached hydrogens (tertiary/aromatic N) is 5. The number of aromatic nitrogens is 4. The molecule has 3 aliphatic rings. The van der Waals surface area contributed by atoms with Crippen LogP contribution in [0.5, 0.6) is 0 Å². The lowest BCUT2D eigenvalue weighted by molar-refractivity contribution is -0.145. The predicted octanol–water partition coefficient (Wildman–Crippen LogP) is 2.43. The predicted molar refractivity (Wildman–Crippen MR) is 124 cm³/mol. The van der Waals surface area contributed by atoms with Gasteiger partial charge in [-0.3, -0.25) is 14.6 Å². The largest absolute Gasteiger partial charge is 0.391 e. The number of β-amino-alcohol motifs (C(OH)–C–C–N with tert-alkyl or cyclic N) is 1. The van der Waals surface area contributed by atoms with Gasteiger partial charge in [-0.15, -0.1) is 5.10 Å². The van der Waals surface area contributed by atoms with Crippen molar-refractivity contribution in [1.82, 2.24) is 30.2 Å². The minimum absolute atomic E-state index is 0.0542. The van der Waals surface area contributed by atoms with Crippen LogP contribution in [0.2, 0.25) is 0 Å². The number of likely N-dealkylation sites (tertiary alicyclic amines) is 1. The Hall–Kier alpha value is -2.88. The van der Waals surface area contributed by atoms with Gasteiger partial charge in [0, 0.05) is 31.3 Å². The maximum Gasteiger partial charge on any atom is 0.248 e. The molecule has 0 spiro atoms. The topological polar surface area (TPSA) is 113 Å². The molecular weight excluding hydrogens is 451 g/mol. The number of carbonyl (C=O) groups is 2. The van der Waals surface area contributed by atoms with Crippen LogP contribution in [-0.2, 0) is 15.1 Å². The van der Waals surface area contributed by atoms with Crippen LogP contribution in [0.4, 0.5) is 4.39 Å². The summed E-state index contributed by atoms with van der Waals surface area (Å²) >= 11 is 0. The number of aliphatic hydroxyl groups excluding tert-OH is 1. The first-order valence-corrected chi connectivity index (χ1v) is 12.4. The highest BCUT2D eigenvalue weighted by molar-refractivity contribution is 5.90. The van der Waals surface area contributed by atoms with Gasteiger partial charge >= 0.3 is 0 Å². The molecule has 1 saturated heterocycles. The molecule has 2 aliphatic carbocycles. The second kappa shape index (κ2) is 8.65. The van der Waals surface area contributed by atoms with Crippen molar-refractivity contribution in [2.45, 2.75) is 88.9 Å². The Kier molecular flexibility index (Phi) is 5.89. The zero-order chi connectivity index (χ0) is 25.0. The van der Waals surface area contributed by atoms with E-state index in [4.69, 9.17) is 0 Å². The molecule has 3 fully saturated rings. The van der Waals surface area contributed by atoms with Crippen molar-refractivity contribution in [3.05, 3.63) is 41.7 Å². The molecule has 0 radical (unpaired) electrons. The van der Waals surface area contributed by atoms with Crippen molar-refractivity contribution in [3.8, 4) is 0 Å². The number of nitrogens with one attached hydrogen (secondary N) is 1. The van der Waals surface area contributed by atoms with E-state index in [1.807, 2.05) is 27.0 Å². The Labute approximate surface area is 204 Å². The number of hydrogen-bond donors (Lipinski definition) is 2. The molecular formula is C25H33FN6O3. The smallest absolute Gasteiger partial charge is 0.248 e. The van der Waals surface area contributed by atoms with Crippen LogP contribution in [0.3, 0.4) is 0 Å². The van der Waals surface area contributed by atoms with E-state index < -0.39 is 40.9 Å². The molecule has 2 N–H and O–H groups in total. The van der Waals surface area contributed by atoms with E-state index in [0.717, 1.165) is 25.0 Å². The third-order valence-electron chi connectivity index (χ3n) is 7.49. The van der Waals surface area contributed by atoms with E-state index in [9.17, 15) is 19.1 Å². The van der Waals surface area contributed by atoms with E-state index in [2.05, 4.69) is 20.6 Å². The summed E-state index contributed by atoms with van der Waals surface area (Å²) in [6.07, 6.45) is 6.79. The van der Waals surface area contributed by atoms with Gasteiger partial charge in [0.1, 0.15) is 23.6 Å². The van der Waals surface area contributed by atoms with Gasteiger partial charge in [-0.05, 0) is 49.7 Å². The molecule has 2 saturated carbocycles. The molecule has 2 aromatic heterocycles. The maximum atomic E-state index is 14.6. The van der Waals surface area contributed by atoms with Crippen molar-refractivity contribution in [1.29, 1.82) is 0 Å². The summed E-state index contributed by atoms with van der Waals surface area (Å²) in [6, 6.07) is 1.31. The van der Waals surface area contributed by atoms with Crippen molar-refractivity contribution in [2.75, 3.05) is 6.54 Å². The van der Waals surface area contributed by atoms with Gasteiger partial charge in [0.05, 0.1) is 17.3 Å². The average Bonchev–Trinajstić information content (AvgIpc) is 3.37. The molecule has 2 amide bonds. The highest BCUT2D eigenvalue weighted by Gasteiger charge is 2.49. The Morgan fingerprint density at radius 1 is 1.29 bits per heavy atom. The average molecular weight is 485 g/mol. The molecule has 0 aromatic carbocycles. The van der Waals surface area contributed by atoms with Crippen LogP contribution < -0.4 is 5.32 Å². The van der Waals surface area contributed by atoms with Gasteiger partial charge in [-0.25, -0.2) is 9.07 Å². The second-order valence-electron chi connectivity index (χ2n) is 11.3. The van der Waals surface area contributed by atoms with E-state index in [0.29, 0.717) is 18.8 Å². The SMILES string of the molecule is CC(C)(C)[C@@H](C(=O)N1C[C@H](O)C[C@H]1C(=O)NC1(c2ncccc2F)CCC1)n1cc(C2CC2)nn1. The summed E-state index contributed by atoms with van der Waals surface area (Å²) in [5, 5.41) is 22.0. The third-order valence-corrected chi connectivity index (χ3v) is 7.49. The van der Waals surface area contributed by atoms with Crippen molar-refractivity contribution < 1.29 is 19.1 Å². The Morgan fingerprint density at radius 3 is 2.63 bits per heavy atom. The molecule has 9 nitrogen and oxygen atoms in total. The van der Waals surface area contributed by atoms with Crippen LogP contribution in [0.15, 0.2) is 24.5 Å². The number of aliphatic hydroxyl groups is 1. The summed E-state index contributed by atoms with van der Waals surface area (Å²) < 4.78 is 16.2. The van der Waals surface area contributed by atoms with Crippen molar-refractivity contribution in [2.24, 2.45) is 5.41 Å². The number of halogens is 1. The molecule has 10 heteroatoms. The molecule has 5 rings (SSSR count). The third kappa shape index (κ3) is 4.44. The number of carbonyl (C=O) groups excluding carboxylic acids is 2. The van der Waals surface area contributed by atoms with Crippen LogP contribution in [0.25, 0.3) is 0 Å². The Morgan fingerprint density at radius 2 is 2.03 bits per heavy atom. The first kappa shape index (κ1) is 23.8. The Bertz CT molecular complexity index is 1120. The van der Waals surface area contributed by atoms with E-state index in [1.165, 1.54) is 23.2 Å². The van der Waals surface area contributed by atoms with E-state index >= 15 is 0 Å². The monoisotopic (exact) mass is 484 g/mol. The molecule has 3 atom stereocenters. The summed E-state index contributed by atoms with van der Waals surface area (Å²) in [4.78, 5) is 33.1. The fourth-order valence-corrected chi connectivity index (χ4v) is 5.33. The van der Waals surface area contributed by atoms with Crippen molar-refractivity contribution in [3.63, 3.8) is 0 Å². The minimum Gasteiger partial charge on any atom is -0.391 e. The van der Waals surface area contributed by atoms with E-state index in [1.54, 1.807) is 4.68 Å². The summed E-state index contributed by atoms with van der Waals surface area (Å²) in [7, 11) is 0. The molecule has 35 heavy (non-hydrogen) atoms. The normalized spacial score (nSPS) is 24.7. The first-order chi connectivity index (χ1) is 16.6. The molecule has 2 aromatic rings. The van der Waals surface area contributed by atoms with E-state index in [-0.39, 0.29) is 24.6 Å². The number of rotatable bonds is 6. The first-order valence-electron chi connectivity index (χ1n) is 12.4. The van der Waals surface area contributed by atoms with Gasteiger partial charge in [0.15, 0.2) is 0 Å². The Balaban J connectivity index is 1.40. The van der Waals surface area contributed by atoms with Crippen LogP contribution in [0.1, 0.15) is 82.6 Å². The lowest BCUT2D eigenvalue weighted by Crippen LogP contribution is -2.57. The molecule has 1 aliphatic heterocycles. The summed E-state index contributed by atoms with van der Waals surface area (Å²) in [6.45, 7) is 5.90. The fraction of sp³-hybridized carbons (Fsp3) is 0.640. The summed E-state index contributed by atoms with van der Waals surface area (Å²) in [5.41, 5.74) is -0.294. The van der Waals surface area contributed by atoms with Gasteiger partial charge in [0.25, 0.3) is 0 Å².